The van der Waals surface area contributed by atoms with E-state index in [1.165, 1.54) is 0 Å². The molecule has 0 saturated heterocycles. The normalized spacial score (nSPS) is 14.9. The van der Waals surface area contributed by atoms with Gasteiger partial charge in [0.05, 0.1) is 5.75 Å². The lowest BCUT2D eigenvalue weighted by molar-refractivity contribution is 0.672. The van der Waals surface area contributed by atoms with Crippen LogP contribution in [-0.4, -0.2) is 16.0 Å². The van der Waals surface area contributed by atoms with Gasteiger partial charge in [-0.25, -0.2) is 0 Å². The van der Waals surface area contributed by atoms with Gasteiger partial charge in [0.15, 0.2) is 0 Å². The Labute approximate surface area is 102 Å². The van der Waals surface area contributed by atoms with Gasteiger partial charge in [0, 0.05) is 32.6 Å². The first kappa shape index (κ1) is 13.0. The molecule has 0 aliphatic rings. The summed E-state index contributed by atoms with van der Waals surface area (Å²) >= 11 is 11.7. The highest BCUT2D eigenvalue weighted by Gasteiger charge is 2.11. The molecule has 1 aromatic carbocycles. The molecule has 0 aromatic heterocycles. The fourth-order valence-electron chi connectivity index (χ4n) is 1.04. The molecular weight excluding hydrogens is 253 g/mol. The Balaban J connectivity index is 2.77. The average Bonchev–Trinajstić information content (AvgIpc) is 2.20. The van der Waals surface area contributed by atoms with Crippen LogP contribution < -0.4 is 5.73 Å². The van der Waals surface area contributed by atoms with Crippen LogP contribution in [0.1, 0.15) is 12.5 Å². The zero-order chi connectivity index (χ0) is 11.4. The minimum Gasteiger partial charge on any atom is -0.329 e. The van der Waals surface area contributed by atoms with E-state index in [4.69, 9.17) is 28.9 Å². The number of nitrogens with two attached hydrogens (primary N) is 1. The molecule has 84 valence electrons. The maximum Gasteiger partial charge on any atom is 0.0503 e. The van der Waals surface area contributed by atoms with Crippen molar-refractivity contribution < 1.29 is 4.21 Å². The lowest BCUT2D eigenvalue weighted by Crippen LogP contribution is -2.22. The Hall–Kier alpha value is -0.0900. The zero-order valence-electron chi connectivity index (χ0n) is 8.37. The molecule has 0 aliphatic carbocycles. The molecule has 0 saturated carbocycles. The zero-order valence-corrected chi connectivity index (χ0v) is 10.7. The topological polar surface area (TPSA) is 43.1 Å². The van der Waals surface area contributed by atoms with E-state index in [0.717, 1.165) is 5.56 Å². The van der Waals surface area contributed by atoms with Crippen LogP contribution in [0.15, 0.2) is 18.2 Å². The van der Waals surface area contributed by atoms with Crippen LogP contribution in [0.5, 0.6) is 0 Å². The number of rotatable bonds is 4. The van der Waals surface area contributed by atoms with Crippen LogP contribution in [0.3, 0.4) is 0 Å². The quantitative estimate of drug-likeness (QED) is 0.910. The van der Waals surface area contributed by atoms with Crippen molar-refractivity contribution >= 4 is 34.0 Å². The van der Waals surface area contributed by atoms with Gasteiger partial charge in [-0.1, -0.05) is 29.3 Å². The predicted octanol–water partition coefficient (Wildman–Crippen LogP) is 2.59. The largest absolute Gasteiger partial charge is 0.329 e. The van der Waals surface area contributed by atoms with Crippen LogP contribution in [0.2, 0.25) is 10.0 Å². The first-order valence-corrected chi connectivity index (χ1v) is 6.69. The van der Waals surface area contributed by atoms with Gasteiger partial charge < -0.3 is 5.73 Å². The summed E-state index contributed by atoms with van der Waals surface area (Å²) in [4.78, 5) is 0. The summed E-state index contributed by atoms with van der Waals surface area (Å²) in [6.07, 6.45) is 0. The Morgan fingerprint density at radius 2 is 2.13 bits per heavy atom. The molecule has 0 aliphatic heterocycles. The molecule has 0 bridgehead atoms. The fourth-order valence-corrected chi connectivity index (χ4v) is 2.65. The Morgan fingerprint density at radius 3 is 2.67 bits per heavy atom. The summed E-state index contributed by atoms with van der Waals surface area (Å²) in [7, 11) is -0.985. The van der Waals surface area contributed by atoms with Gasteiger partial charge in [0.2, 0.25) is 0 Å². The van der Waals surface area contributed by atoms with E-state index in [-0.39, 0.29) is 5.25 Å². The fraction of sp³-hybridized carbons (Fsp3) is 0.400. The second-order valence-electron chi connectivity index (χ2n) is 3.31. The minimum atomic E-state index is -0.985. The van der Waals surface area contributed by atoms with Crippen molar-refractivity contribution in [1.82, 2.24) is 0 Å². The molecule has 2 N–H and O–H groups in total. The third-order valence-electron chi connectivity index (χ3n) is 2.09. The van der Waals surface area contributed by atoms with E-state index in [2.05, 4.69) is 0 Å². The Bertz CT molecular complexity index is 370. The minimum absolute atomic E-state index is 0.0169. The van der Waals surface area contributed by atoms with Gasteiger partial charge in [0.25, 0.3) is 0 Å². The van der Waals surface area contributed by atoms with Crippen LogP contribution in [0, 0.1) is 0 Å². The summed E-state index contributed by atoms with van der Waals surface area (Å²) in [5.41, 5.74) is 6.29. The van der Waals surface area contributed by atoms with Gasteiger partial charge in [-0.05, 0) is 24.6 Å². The first-order valence-electron chi connectivity index (χ1n) is 4.55. The first-order chi connectivity index (χ1) is 7.04. The maximum atomic E-state index is 11.7. The molecule has 0 spiro atoms. The molecule has 2 atom stereocenters. The molecule has 0 heterocycles. The summed E-state index contributed by atoms with van der Waals surface area (Å²) in [6, 6.07) is 5.20. The van der Waals surface area contributed by atoms with E-state index >= 15 is 0 Å². The molecule has 2 unspecified atom stereocenters. The SMILES string of the molecule is CC(CN)S(=O)Cc1ccc(Cl)cc1Cl. The van der Waals surface area contributed by atoms with Gasteiger partial charge >= 0.3 is 0 Å². The van der Waals surface area contributed by atoms with Crippen molar-refractivity contribution in [1.29, 1.82) is 0 Å². The van der Waals surface area contributed by atoms with Gasteiger partial charge in [-0.2, -0.15) is 0 Å². The van der Waals surface area contributed by atoms with Crippen LogP contribution in [0.4, 0.5) is 0 Å². The molecule has 1 aromatic rings. The monoisotopic (exact) mass is 265 g/mol. The van der Waals surface area contributed by atoms with E-state index in [1.54, 1.807) is 18.2 Å². The molecule has 5 heteroatoms. The highest BCUT2D eigenvalue weighted by atomic mass is 35.5. The molecule has 2 nitrogen and oxygen atoms in total. The molecular formula is C10H13Cl2NOS. The van der Waals surface area contributed by atoms with Gasteiger partial charge in [0.1, 0.15) is 0 Å². The third-order valence-corrected chi connectivity index (χ3v) is 4.37. The van der Waals surface area contributed by atoms with E-state index in [9.17, 15) is 4.21 Å². The lowest BCUT2D eigenvalue weighted by Gasteiger charge is -2.09. The highest BCUT2D eigenvalue weighted by Crippen LogP contribution is 2.22. The van der Waals surface area contributed by atoms with Crippen molar-refractivity contribution in [2.24, 2.45) is 5.73 Å². The third kappa shape index (κ3) is 3.76. The molecule has 0 radical (unpaired) electrons. The number of hydrogen-bond acceptors (Lipinski definition) is 2. The van der Waals surface area contributed by atoms with E-state index < -0.39 is 10.8 Å². The van der Waals surface area contributed by atoms with Crippen LogP contribution in [-0.2, 0) is 16.6 Å². The standard InChI is InChI=1S/C10H13Cl2NOS/c1-7(5-13)15(14)6-8-2-3-9(11)4-10(8)12/h2-4,7H,5-6,13H2,1H3. The molecule has 0 amide bonds. The van der Waals surface area contributed by atoms with Crippen molar-refractivity contribution in [2.75, 3.05) is 6.54 Å². The summed E-state index contributed by atoms with van der Waals surface area (Å²) in [6.45, 7) is 2.28. The average molecular weight is 266 g/mol. The second kappa shape index (κ2) is 5.85. The molecule has 15 heavy (non-hydrogen) atoms. The summed E-state index contributed by atoms with van der Waals surface area (Å²) in [5, 5.41) is 1.12. The maximum absolute atomic E-state index is 11.7. The summed E-state index contributed by atoms with van der Waals surface area (Å²) in [5.74, 6) is 0.425. The van der Waals surface area contributed by atoms with Crippen molar-refractivity contribution in [3.63, 3.8) is 0 Å². The number of halogens is 2. The van der Waals surface area contributed by atoms with Crippen LogP contribution >= 0.6 is 23.2 Å². The Morgan fingerprint density at radius 1 is 1.47 bits per heavy atom. The van der Waals surface area contributed by atoms with Crippen molar-refractivity contribution in [3.05, 3.63) is 33.8 Å². The van der Waals surface area contributed by atoms with E-state index in [1.807, 2.05) is 6.92 Å². The molecule has 1 rings (SSSR count). The second-order valence-corrected chi connectivity index (χ2v) is 6.01. The van der Waals surface area contributed by atoms with Crippen molar-refractivity contribution in [3.8, 4) is 0 Å². The summed E-state index contributed by atoms with van der Waals surface area (Å²) < 4.78 is 11.7. The smallest absolute Gasteiger partial charge is 0.0503 e. The van der Waals surface area contributed by atoms with Gasteiger partial charge in [-0.3, -0.25) is 4.21 Å². The molecule has 0 fully saturated rings. The predicted molar refractivity (Wildman–Crippen MR) is 66.8 cm³/mol. The number of benzene rings is 1. The lowest BCUT2D eigenvalue weighted by atomic mass is 10.2. The van der Waals surface area contributed by atoms with Crippen LogP contribution in [0.25, 0.3) is 0 Å². The van der Waals surface area contributed by atoms with Gasteiger partial charge in [-0.15, -0.1) is 0 Å². The van der Waals surface area contributed by atoms with Crippen molar-refractivity contribution in [2.45, 2.75) is 17.9 Å². The highest BCUT2D eigenvalue weighted by molar-refractivity contribution is 7.84. The Kier molecular flexibility index (Phi) is 5.06. The number of hydrogen-bond donors (Lipinski definition) is 1. The van der Waals surface area contributed by atoms with E-state index in [0.29, 0.717) is 22.3 Å².